The summed E-state index contributed by atoms with van der Waals surface area (Å²) in [6.07, 6.45) is 3.06. The maximum atomic E-state index is 12.0. The van der Waals surface area contributed by atoms with E-state index in [1.165, 1.54) is 0 Å². The van der Waals surface area contributed by atoms with Crippen molar-refractivity contribution in [2.24, 2.45) is 0 Å². The van der Waals surface area contributed by atoms with Crippen LogP contribution in [0.15, 0.2) is 0 Å². The highest BCUT2D eigenvalue weighted by atomic mass is 32.2. The molecule has 1 amide bonds. The Morgan fingerprint density at radius 3 is 2.21 bits per heavy atom. The van der Waals surface area contributed by atoms with Gasteiger partial charge in [0, 0.05) is 12.1 Å². The molecule has 5 nitrogen and oxygen atoms in total. The third-order valence-corrected chi connectivity index (χ3v) is 5.48. The Kier molecular flexibility index (Phi) is 6.26. The quantitative estimate of drug-likeness (QED) is 0.760. The maximum Gasteiger partial charge on any atom is 0.237 e. The summed E-state index contributed by atoms with van der Waals surface area (Å²) in [6, 6.07) is 0.0841. The summed E-state index contributed by atoms with van der Waals surface area (Å²) in [6.45, 7) is 5.94. The van der Waals surface area contributed by atoms with E-state index in [1.807, 2.05) is 6.92 Å². The van der Waals surface area contributed by atoms with E-state index in [9.17, 15) is 13.2 Å². The molecule has 1 saturated heterocycles. The smallest absolute Gasteiger partial charge is 0.237 e. The van der Waals surface area contributed by atoms with E-state index in [4.69, 9.17) is 0 Å². The minimum Gasteiger partial charge on any atom is -0.352 e. The fourth-order valence-corrected chi connectivity index (χ4v) is 3.80. The van der Waals surface area contributed by atoms with Crippen LogP contribution in [0.5, 0.6) is 0 Å². The van der Waals surface area contributed by atoms with Crippen molar-refractivity contribution < 1.29 is 13.2 Å². The second-order valence-corrected chi connectivity index (χ2v) is 7.64. The molecule has 0 spiro atoms. The summed E-state index contributed by atoms with van der Waals surface area (Å²) in [4.78, 5) is 12.0. The molecule has 1 unspecified atom stereocenters. The number of amides is 1. The van der Waals surface area contributed by atoms with Crippen LogP contribution in [-0.2, 0) is 14.6 Å². The molecule has 0 aromatic rings. The van der Waals surface area contributed by atoms with Gasteiger partial charge in [0.15, 0.2) is 0 Å². The van der Waals surface area contributed by atoms with Gasteiger partial charge in [-0.2, -0.15) is 0 Å². The van der Waals surface area contributed by atoms with Crippen LogP contribution >= 0.6 is 0 Å². The Morgan fingerprint density at radius 1 is 1.21 bits per heavy atom. The lowest BCUT2D eigenvalue weighted by molar-refractivity contribution is -0.123. The number of hydrogen-bond donors (Lipinski definition) is 2. The summed E-state index contributed by atoms with van der Waals surface area (Å²) in [5, 5.41) is 6.24. The first-order valence-electron chi connectivity index (χ1n) is 7.14. The first-order chi connectivity index (χ1) is 8.88. The maximum absolute atomic E-state index is 12.0. The largest absolute Gasteiger partial charge is 0.352 e. The van der Waals surface area contributed by atoms with Crippen molar-refractivity contribution in [2.45, 2.75) is 64.6 Å². The average Bonchev–Trinajstić information content (AvgIpc) is 2.38. The number of sulfone groups is 1. The third-order valence-electron chi connectivity index (χ3n) is 3.77. The van der Waals surface area contributed by atoms with Gasteiger partial charge in [0.1, 0.15) is 9.84 Å². The van der Waals surface area contributed by atoms with E-state index in [2.05, 4.69) is 24.5 Å². The summed E-state index contributed by atoms with van der Waals surface area (Å²) >= 11 is 0. The molecule has 0 saturated carbocycles. The number of rotatable bonds is 6. The SMILES string of the molecule is CCC(CC)NC(=O)C(C)NC1CCS(=O)(=O)CC1. The lowest BCUT2D eigenvalue weighted by Crippen LogP contribution is -2.50. The number of carbonyl (C=O) groups is 1. The standard InChI is InChI=1S/C13H26N2O3S/c1-4-11(5-2)15-13(16)10(3)14-12-6-8-19(17,18)9-7-12/h10-12,14H,4-9H2,1-3H3,(H,15,16). The molecule has 1 aliphatic heterocycles. The fraction of sp³-hybridized carbons (Fsp3) is 0.923. The van der Waals surface area contributed by atoms with Gasteiger partial charge in [-0.05, 0) is 32.6 Å². The second kappa shape index (κ2) is 7.24. The monoisotopic (exact) mass is 290 g/mol. The Balaban J connectivity index is 2.38. The van der Waals surface area contributed by atoms with E-state index in [0.717, 1.165) is 12.8 Å². The van der Waals surface area contributed by atoms with Gasteiger partial charge in [-0.1, -0.05) is 13.8 Å². The Morgan fingerprint density at radius 2 is 1.74 bits per heavy atom. The summed E-state index contributed by atoms with van der Waals surface area (Å²) in [7, 11) is -2.84. The molecule has 1 aliphatic rings. The van der Waals surface area contributed by atoms with Crippen LogP contribution in [-0.4, -0.2) is 44.0 Å². The Labute approximate surface area is 116 Å². The number of nitrogens with one attached hydrogen (secondary N) is 2. The molecule has 1 heterocycles. The highest BCUT2D eigenvalue weighted by Gasteiger charge is 2.26. The molecule has 0 aromatic carbocycles. The van der Waals surface area contributed by atoms with Crippen LogP contribution in [0.4, 0.5) is 0 Å². The van der Waals surface area contributed by atoms with Gasteiger partial charge in [-0.15, -0.1) is 0 Å². The van der Waals surface area contributed by atoms with Crippen LogP contribution in [0.25, 0.3) is 0 Å². The topological polar surface area (TPSA) is 75.3 Å². The lowest BCUT2D eigenvalue weighted by Gasteiger charge is -2.27. The lowest BCUT2D eigenvalue weighted by atomic mass is 10.1. The molecule has 1 atom stereocenters. The van der Waals surface area contributed by atoms with Gasteiger partial charge in [0.2, 0.25) is 5.91 Å². The van der Waals surface area contributed by atoms with Crippen LogP contribution < -0.4 is 10.6 Å². The van der Waals surface area contributed by atoms with Crippen molar-refractivity contribution in [1.29, 1.82) is 0 Å². The number of hydrogen-bond acceptors (Lipinski definition) is 4. The Hall–Kier alpha value is -0.620. The van der Waals surface area contributed by atoms with Crippen molar-refractivity contribution in [3.63, 3.8) is 0 Å². The van der Waals surface area contributed by atoms with Gasteiger partial charge in [-0.3, -0.25) is 4.79 Å². The summed E-state index contributed by atoms with van der Waals surface area (Å²) < 4.78 is 22.7. The van der Waals surface area contributed by atoms with Crippen molar-refractivity contribution >= 4 is 15.7 Å². The van der Waals surface area contributed by atoms with E-state index in [0.29, 0.717) is 12.8 Å². The molecule has 6 heteroatoms. The van der Waals surface area contributed by atoms with Crippen LogP contribution in [0.3, 0.4) is 0 Å². The second-order valence-electron chi connectivity index (χ2n) is 5.34. The minimum absolute atomic E-state index is 0.00197. The molecule has 2 N–H and O–H groups in total. The van der Waals surface area contributed by atoms with E-state index < -0.39 is 9.84 Å². The molecule has 0 aromatic heterocycles. The van der Waals surface area contributed by atoms with E-state index in [-0.39, 0.29) is 35.5 Å². The molecular weight excluding hydrogens is 264 g/mol. The van der Waals surface area contributed by atoms with Crippen molar-refractivity contribution in [3.8, 4) is 0 Å². The van der Waals surface area contributed by atoms with E-state index >= 15 is 0 Å². The molecule has 1 fully saturated rings. The summed E-state index contributed by atoms with van der Waals surface area (Å²) in [5.41, 5.74) is 0. The van der Waals surface area contributed by atoms with Gasteiger partial charge in [0.25, 0.3) is 0 Å². The normalized spacial score (nSPS) is 21.3. The molecule has 0 radical (unpaired) electrons. The molecular formula is C13H26N2O3S. The Bertz CT molecular complexity index is 377. The zero-order valence-electron chi connectivity index (χ0n) is 12.1. The molecule has 0 aliphatic carbocycles. The third kappa shape index (κ3) is 5.48. The van der Waals surface area contributed by atoms with Crippen LogP contribution in [0.2, 0.25) is 0 Å². The van der Waals surface area contributed by atoms with Gasteiger partial charge >= 0.3 is 0 Å². The van der Waals surface area contributed by atoms with Crippen molar-refractivity contribution in [1.82, 2.24) is 10.6 Å². The fourth-order valence-electron chi connectivity index (χ4n) is 2.30. The molecule has 112 valence electrons. The van der Waals surface area contributed by atoms with Gasteiger partial charge < -0.3 is 10.6 Å². The van der Waals surface area contributed by atoms with Gasteiger partial charge in [-0.25, -0.2) is 8.42 Å². The van der Waals surface area contributed by atoms with Gasteiger partial charge in [0.05, 0.1) is 17.5 Å². The van der Waals surface area contributed by atoms with Crippen LogP contribution in [0.1, 0.15) is 46.5 Å². The predicted molar refractivity (Wildman–Crippen MR) is 76.8 cm³/mol. The minimum atomic E-state index is -2.84. The average molecular weight is 290 g/mol. The molecule has 1 rings (SSSR count). The van der Waals surface area contributed by atoms with Crippen molar-refractivity contribution in [3.05, 3.63) is 0 Å². The first-order valence-corrected chi connectivity index (χ1v) is 8.97. The molecule has 0 bridgehead atoms. The number of carbonyl (C=O) groups excluding carboxylic acids is 1. The highest BCUT2D eigenvalue weighted by molar-refractivity contribution is 7.91. The highest BCUT2D eigenvalue weighted by Crippen LogP contribution is 2.12. The van der Waals surface area contributed by atoms with E-state index in [1.54, 1.807) is 0 Å². The zero-order valence-corrected chi connectivity index (χ0v) is 12.9. The zero-order chi connectivity index (χ0) is 14.5. The predicted octanol–water partition coefficient (Wildman–Crippen LogP) is 0.847. The first kappa shape index (κ1) is 16.4. The summed E-state index contributed by atoms with van der Waals surface area (Å²) in [5.74, 6) is 0.457. The molecule has 19 heavy (non-hydrogen) atoms. The van der Waals surface area contributed by atoms with Crippen LogP contribution in [0, 0.1) is 0 Å². The van der Waals surface area contributed by atoms with Crippen molar-refractivity contribution in [2.75, 3.05) is 11.5 Å².